The van der Waals surface area contributed by atoms with E-state index in [0.717, 1.165) is 19.3 Å². The maximum atomic E-state index is 11.7. The van der Waals surface area contributed by atoms with Crippen molar-refractivity contribution in [1.82, 2.24) is 10.6 Å². The Kier molecular flexibility index (Phi) is 6.36. The molecule has 4 N–H and O–H groups in total. The van der Waals surface area contributed by atoms with E-state index in [1.54, 1.807) is 0 Å². The molecule has 0 unspecified atom stereocenters. The van der Waals surface area contributed by atoms with Gasteiger partial charge in [0.15, 0.2) is 0 Å². The van der Waals surface area contributed by atoms with Crippen LogP contribution in [0.2, 0.25) is 0 Å². The number of halogens is 1. The molecule has 0 bridgehead atoms. The van der Waals surface area contributed by atoms with Gasteiger partial charge in [-0.15, -0.1) is 12.4 Å². The zero-order valence-corrected chi connectivity index (χ0v) is 10.4. The fourth-order valence-corrected chi connectivity index (χ4v) is 1.83. The van der Waals surface area contributed by atoms with E-state index in [2.05, 4.69) is 10.6 Å². The van der Waals surface area contributed by atoms with Gasteiger partial charge in [-0.05, 0) is 12.8 Å². The highest BCUT2D eigenvalue weighted by Crippen LogP contribution is 2.25. The first kappa shape index (κ1) is 15.2. The number of carbonyl (C=O) groups is 2. The lowest BCUT2D eigenvalue weighted by atomic mass is 9.82. The standard InChI is InChI=1S/C10H19N3O2.ClH/c1-12-8(14)7-13-9(15)10(11)5-3-2-4-6-10;/h2-7,11H2,1H3,(H,12,14)(H,13,15);1H. The molecule has 16 heavy (non-hydrogen) atoms. The Labute approximate surface area is 102 Å². The molecule has 6 heteroatoms. The van der Waals surface area contributed by atoms with Gasteiger partial charge < -0.3 is 16.4 Å². The summed E-state index contributed by atoms with van der Waals surface area (Å²) in [6.45, 7) is 0.00822. The van der Waals surface area contributed by atoms with E-state index < -0.39 is 5.54 Å². The van der Waals surface area contributed by atoms with Gasteiger partial charge in [-0.2, -0.15) is 0 Å². The van der Waals surface area contributed by atoms with E-state index in [1.807, 2.05) is 0 Å². The van der Waals surface area contributed by atoms with Crippen LogP contribution in [-0.4, -0.2) is 30.9 Å². The Hall–Kier alpha value is -0.810. The molecule has 1 saturated carbocycles. The molecule has 2 amide bonds. The summed E-state index contributed by atoms with van der Waals surface area (Å²) >= 11 is 0. The third kappa shape index (κ3) is 3.98. The van der Waals surface area contributed by atoms with Crippen molar-refractivity contribution in [2.45, 2.75) is 37.6 Å². The van der Waals surface area contributed by atoms with Crippen molar-refractivity contribution in [3.63, 3.8) is 0 Å². The van der Waals surface area contributed by atoms with Gasteiger partial charge in [-0.1, -0.05) is 19.3 Å². The summed E-state index contributed by atoms with van der Waals surface area (Å²) in [5.41, 5.74) is 5.23. The zero-order valence-electron chi connectivity index (χ0n) is 9.54. The van der Waals surface area contributed by atoms with Crippen molar-refractivity contribution in [3.05, 3.63) is 0 Å². The second-order valence-electron chi connectivity index (χ2n) is 4.07. The molecule has 0 aromatic heterocycles. The van der Waals surface area contributed by atoms with Gasteiger partial charge in [0, 0.05) is 7.05 Å². The number of carbonyl (C=O) groups excluding carboxylic acids is 2. The van der Waals surface area contributed by atoms with E-state index in [0.29, 0.717) is 12.8 Å². The van der Waals surface area contributed by atoms with E-state index in [4.69, 9.17) is 5.73 Å². The summed E-state index contributed by atoms with van der Waals surface area (Å²) in [4.78, 5) is 22.7. The molecule has 0 aromatic carbocycles. The summed E-state index contributed by atoms with van der Waals surface area (Å²) < 4.78 is 0. The first-order chi connectivity index (χ1) is 7.08. The van der Waals surface area contributed by atoms with Crippen molar-refractivity contribution in [1.29, 1.82) is 0 Å². The van der Waals surface area contributed by atoms with Gasteiger partial charge in [0.05, 0.1) is 12.1 Å². The molecule has 0 atom stereocenters. The summed E-state index contributed by atoms with van der Waals surface area (Å²) in [5, 5.41) is 5.01. The second kappa shape index (κ2) is 6.70. The third-order valence-corrected chi connectivity index (χ3v) is 2.89. The van der Waals surface area contributed by atoms with Crippen LogP contribution in [0.4, 0.5) is 0 Å². The van der Waals surface area contributed by atoms with Gasteiger partial charge in [-0.25, -0.2) is 0 Å². The molecule has 1 aliphatic carbocycles. The Morgan fingerprint density at radius 1 is 1.25 bits per heavy atom. The van der Waals surface area contributed by atoms with Gasteiger partial charge in [-0.3, -0.25) is 9.59 Å². The van der Waals surface area contributed by atoms with Gasteiger partial charge >= 0.3 is 0 Å². The minimum absolute atomic E-state index is 0. The van der Waals surface area contributed by atoms with Crippen LogP contribution < -0.4 is 16.4 Å². The molecule has 1 rings (SSSR count). The molecule has 0 radical (unpaired) electrons. The van der Waals surface area contributed by atoms with Gasteiger partial charge in [0.25, 0.3) is 0 Å². The van der Waals surface area contributed by atoms with Gasteiger partial charge in [0.1, 0.15) is 0 Å². The lowest BCUT2D eigenvalue weighted by Gasteiger charge is -2.31. The molecule has 0 saturated heterocycles. The molecule has 1 aliphatic rings. The number of likely N-dealkylation sites (N-methyl/N-ethyl adjacent to an activating group) is 1. The van der Waals surface area contributed by atoms with Crippen molar-refractivity contribution in [2.24, 2.45) is 5.73 Å². The maximum Gasteiger partial charge on any atom is 0.240 e. The van der Waals surface area contributed by atoms with Crippen LogP contribution in [0.3, 0.4) is 0 Å². The van der Waals surface area contributed by atoms with Crippen LogP contribution in [-0.2, 0) is 9.59 Å². The zero-order chi connectivity index (χ0) is 11.3. The average Bonchev–Trinajstić information content (AvgIpc) is 2.26. The summed E-state index contributed by atoms with van der Waals surface area (Å²) in [6.07, 6.45) is 4.55. The van der Waals surface area contributed by atoms with E-state index in [-0.39, 0.29) is 30.8 Å². The van der Waals surface area contributed by atoms with Crippen molar-refractivity contribution in [3.8, 4) is 0 Å². The van der Waals surface area contributed by atoms with E-state index >= 15 is 0 Å². The fourth-order valence-electron chi connectivity index (χ4n) is 1.83. The lowest BCUT2D eigenvalue weighted by Crippen LogP contribution is -2.56. The highest BCUT2D eigenvalue weighted by Gasteiger charge is 2.35. The molecule has 0 aromatic rings. The Bertz CT molecular complexity index is 252. The summed E-state index contributed by atoms with van der Waals surface area (Å²) in [6, 6.07) is 0. The monoisotopic (exact) mass is 249 g/mol. The molecule has 94 valence electrons. The number of nitrogens with two attached hydrogens (primary N) is 1. The van der Waals surface area contributed by atoms with Crippen molar-refractivity contribution < 1.29 is 9.59 Å². The Morgan fingerprint density at radius 3 is 2.31 bits per heavy atom. The summed E-state index contributed by atoms with van der Waals surface area (Å²) in [5.74, 6) is -0.409. The minimum Gasteiger partial charge on any atom is -0.358 e. The highest BCUT2D eigenvalue weighted by molar-refractivity contribution is 5.90. The average molecular weight is 250 g/mol. The number of nitrogens with one attached hydrogen (secondary N) is 2. The number of hydrogen-bond donors (Lipinski definition) is 3. The Morgan fingerprint density at radius 2 is 1.81 bits per heavy atom. The molecule has 0 spiro atoms. The topological polar surface area (TPSA) is 84.2 Å². The molecule has 1 fully saturated rings. The molecular formula is C10H20ClN3O2. The van der Waals surface area contributed by atoms with Crippen LogP contribution >= 0.6 is 12.4 Å². The van der Waals surface area contributed by atoms with E-state index in [1.165, 1.54) is 7.05 Å². The third-order valence-electron chi connectivity index (χ3n) is 2.89. The van der Waals surface area contributed by atoms with Crippen LogP contribution in [0, 0.1) is 0 Å². The van der Waals surface area contributed by atoms with Crippen LogP contribution in [0.1, 0.15) is 32.1 Å². The SMILES string of the molecule is CNC(=O)CNC(=O)C1(N)CCCCC1.Cl. The van der Waals surface area contributed by atoms with Crippen molar-refractivity contribution >= 4 is 24.2 Å². The fraction of sp³-hybridized carbons (Fsp3) is 0.800. The molecular weight excluding hydrogens is 230 g/mol. The predicted octanol–water partition coefficient (Wildman–Crippen LogP) is -0.0680. The lowest BCUT2D eigenvalue weighted by molar-refractivity contribution is -0.130. The predicted molar refractivity (Wildman–Crippen MR) is 64.3 cm³/mol. The van der Waals surface area contributed by atoms with Crippen LogP contribution in [0.5, 0.6) is 0 Å². The smallest absolute Gasteiger partial charge is 0.240 e. The number of rotatable bonds is 3. The molecule has 0 aliphatic heterocycles. The van der Waals surface area contributed by atoms with Crippen LogP contribution in [0.15, 0.2) is 0 Å². The summed E-state index contributed by atoms with van der Waals surface area (Å²) in [7, 11) is 1.54. The van der Waals surface area contributed by atoms with E-state index in [9.17, 15) is 9.59 Å². The van der Waals surface area contributed by atoms with Crippen LogP contribution in [0.25, 0.3) is 0 Å². The number of hydrogen-bond acceptors (Lipinski definition) is 3. The largest absolute Gasteiger partial charge is 0.358 e. The quantitative estimate of drug-likeness (QED) is 0.655. The van der Waals surface area contributed by atoms with Crippen molar-refractivity contribution in [2.75, 3.05) is 13.6 Å². The van der Waals surface area contributed by atoms with Gasteiger partial charge in [0.2, 0.25) is 11.8 Å². The molecule has 0 heterocycles. The molecule has 5 nitrogen and oxygen atoms in total. The Balaban J connectivity index is 0.00000225. The number of amides is 2. The first-order valence-corrected chi connectivity index (χ1v) is 5.36. The normalized spacial score (nSPS) is 18.1. The minimum atomic E-state index is -0.758. The second-order valence-corrected chi connectivity index (χ2v) is 4.07. The highest BCUT2D eigenvalue weighted by atomic mass is 35.5. The maximum absolute atomic E-state index is 11.7. The first-order valence-electron chi connectivity index (χ1n) is 5.36.